The molecule has 2 rings (SSSR count). The van der Waals surface area contributed by atoms with Crippen LogP contribution in [0.4, 0.5) is 0 Å². The van der Waals surface area contributed by atoms with Crippen molar-refractivity contribution in [2.24, 2.45) is 0 Å². The van der Waals surface area contributed by atoms with Crippen LogP contribution < -0.4 is 0 Å². The van der Waals surface area contributed by atoms with Gasteiger partial charge in [-0.2, -0.15) is 0 Å². The molecule has 5 heteroatoms. The number of nitrogens with zero attached hydrogens (tertiary/aromatic N) is 2. The van der Waals surface area contributed by atoms with Gasteiger partial charge in [0.15, 0.2) is 0 Å². The van der Waals surface area contributed by atoms with E-state index in [-0.39, 0.29) is 25.2 Å². The molecule has 1 amide bonds. The van der Waals surface area contributed by atoms with Gasteiger partial charge >= 0.3 is 0 Å². The maximum Gasteiger partial charge on any atom is 0.274 e. The summed E-state index contributed by atoms with van der Waals surface area (Å²) < 4.78 is 0. The van der Waals surface area contributed by atoms with E-state index in [1.54, 1.807) is 23.2 Å². The molecule has 0 spiro atoms. The highest BCUT2D eigenvalue weighted by Gasteiger charge is 2.30. The summed E-state index contributed by atoms with van der Waals surface area (Å²) in [4.78, 5) is 18.5. The smallest absolute Gasteiger partial charge is 0.274 e. The van der Waals surface area contributed by atoms with E-state index in [4.69, 9.17) is 5.11 Å². The van der Waals surface area contributed by atoms with E-state index in [2.05, 4.69) is 16.8 Å². The van der Waals surface area contributed by atoms with Crippen molar-refractivity contribution in [2.45, 2.75) is 31.7 Å². The number of rotatable bonds is 5. The minimum Gasteiger partial charge on any atom is -0.395 e. The second-order valence-corrected chi connectivity index (χ2v) is 4.98. The summed E-state index contributed by atoms with van der Waals surface area (Å²) in [6.45, 7) is 0.263. The molecule has 21 heavy (non-hydrogen) atoms. The quantitative estimate of drug-likeness (QED) is 0.786. The van der Waals surface area contributed by atoms with E-state index in [1.165, 1.54) is 0 Å². The first-order chi connectivity index (χ1) is 10.3. The van der Waals surface area contributed by atoms with Crippen molar-refractivity contribution in [1.29, 1.82) is 0 Å². The van der Waals surface area contributed by atoms with Gasteiger partial charge < -0.3 is 15.1 Å². The summed E-state index contributed by atoms with van der Waals surface area (Å²) in [6.07, 6.45) is 5.01. The van der Waals surface area contributed by atoms with E-state index >= 15 is 0 Å². The first kappa shape index (κ1) is 15.5. The summed E-state index contributed by atoms with van der Waals surface area (Å²) in [5, 5.41) is 17.9. The molecule has 0 saturated heterocycles. The highest BCUT2D eigenvalue weighted by atomic mass is 16.3. The molecule has 1 aliphatic rings. The summed E-state index contributed by atoms with van der Waals surface area (Å²) in [7, 11) is 0. The highest BCUT2D eigenvalue weighted by molar-refractivity contribution is 5.95. The molecule has 1 aromatic heterocycles. The second kappa shape index (κ2) is 7.77. The minimum atomic E-state index is -0.178. The lowest BCUT2D eigenvalue weighted by Crippen LogP contribution is -2.46. The molecule has 0 aromatic carbocycles. The Kier molecular flexibility index (Phi) is 5.73. The van der Waals surface area contributed by atoms with E-state index in [0.29, 0.717) is 24.2 Å². The number of carbonyl (C=O) groups is 1. The van der Waals surface area contributed by atoms with E-state index < -0.39 is 0 Å². The van der Waals surface area contributed by atoms with E-state index in [0.717, 1.165) is 19.3 Å². The van der Waals surface area contributed by atoms with E-state index in [9.17, 15) is 9.90 Å². The van der Waals surface area contributed by atoms with Gasteiger partial charge in [-0.15, -0.1) is 0 Å². The lowest BCUT2D eigenvalue weighted by atomic mass is 9.91. The number of hydrogen-bond acceptors (Lipinski definition) is 4. The predicted molar refractivity (Wildman–Crippen MR) is 78.6 cm³/mol. The third-order valence-electron chi connectivity index (χ3n) is 3.59. The van der Waals surface area contributed by atoms with Crippen molar-refractivity contribution in [2.75, 3.05) is 19.8 Å². The zero-order valence-corrected chi connectivity index (χ0v) is 12.0. The molecular formula is C16H20N2O3. The minimum absolute atomic E-state index is 0.00471. The summed E-state index contributed by atoms with van der Waals surface area (Å²) in [5.74, 6) is 5.52. The molecule has 5 nitrogen and oxygen atoms in total. The number of hydrogen-bond donors (Lipinski definition) is 2. The number of aliphatic hydroxyl groups excluding tert-OH is 2. The topological polar surface area (TPSA) is 73.7 Å². The fourth-order valence-corrected chi connectivity index (χ4v) is 2.28. The van der Waals surface area contributed by atoms with Crippen LogP contribution in [0.3, 0.4) is 0 Å². The maximum atomic E-state index is 12.7. The van der Waals surface area contributed by atoms with Gasteiger partial charge in [0.2, 0.25) is 0 Å². The van der Waals surface area contributed by atoms with Crippen molar-refractivity contribution >= 4 is 5.91 Å². The van der Waals surface area contributed by atoms with Crippen molar-refractivity contribution in [3.8, 4) is 11.8 Å². The van der Waals surface area contributed by atoms with Crippen LogP contribution in [0.15, 0.2) is 18.3 Å². The van der Waals surface area contributed by atoms with Crippen LogP contribution in [0.1, 0.15) is 41.7 Å². The Labute approximate surface area is 124 Å². The van der Waals surface area contributed by atoms with Crippen molar-refractivity contribution < 1.29 is 15.0 Å². The molecule has 1 fully saturated rings. The molecule has 0 unspecified atom stereocenters. The third kappa shape index (κ3) is 3.81. The molecule has 0 radical (unpaired) electrons. The zero-order valence-electron chi connectivity index (χ0n) is 12.0. The van der Waals surface area contributed by atoms with Gasteiger partial charge in [-0.25, -0.2) is 4.98 Å². The van der Waals surface area contributed by atoms with Crippen LogP contribution >= 0.6 is 0 Å². The van der Waals surface area contributed by atoms with Crippen molar-refractivity contribution in [3.63, 3.8) is 0 Å². The zero-order chi connectivity index (χ0) is 15.1. The number of carbonyl (C=O) groups excluding carboxylic acids is 1. The largest absolute Gasteiger partial charge is 0.395 e. The lowest BCUT2D eigenvalue weighted by molar-refractivity contribution is 0.0519. The maximum absolute atomic E-state index is 12.7. The van der Waals surface area contributed by atoms with E-state index in [1.807, 2.05) is 0 Å². The van der Waals surface area contributed by atoms with Crippen LogP contribution in [-0.2, 0) is 0 Å². The standard InChI is InChI=1S/C16H20N2O3/c19-11-2-1-5-13-6-4-9-17-15(13)16(21)18(10-12-20)14-7-3-8-14/h4,6,9,14,19-20H,2-3,7-8,10-12H2. The normalized spacial score (nSPS) is 14.0. The molecule has 1 aromatic rings. The molecule has 2 N–H and O–H groups in total. The van der Waals surface area contributed by atoms with Crippen molar-refractivity contribution in [3.05, 3.63) is 29.6 Å². The number of aromatic nitrogens is 1. The Hall–Kier alpha value is -1.90. The SMILES string of the molecule is O=C(c1ncccc1C#CCCO)N(CCO)C1CCC1. The van der Waals surface area contributed by atoms with Gasteiger partial charge in [-0.1, -0.05) is 11.8 Å². The number of amides is 1. The van der Waals surface area contributed by atoms with Crippen LogP contribution in [0, 0.1) is 11.8 Å². The number of aliphatic hydroxyl groups is 2. The molecule has 1 saturated carbocycles. The third-order valence-corrected chi connectivity index (χ3v) is 3.59. The first-order valence-electron chi connectivity index (χ1n) is 7.24. The summed E-state index contributed by atoms with van der Waals surface area (Å²) in [5.41, 5.74) is 0.890. The Morgan fingerprint density at radius 2 is 2.19 bits per heavy atom. The van der Waals surface area contributed by atoms with Gasteiger partial charge in [0.05, 0.1) is 18.8 Å². The molecule has 0 atom stereocenters. The summed E-state index contributed by atoms with van der Waals surface area (Å²) >= 11 is 0. The molecule has 0 aliphatic heterocycles. The fraction of sp³-hybridized carbons (Fsp3) is 0.500. The van der Waals surface area contributed by atoms with Crippen LogP contribution in [0.5, 0.6) is 0 Å². The average Bonchev–Trinajstić information content (AvgIpc) is 2.45. The van der Waals surface area contributed by atoms with Gasteiger partial charge in [-0.05, 0) is 31.4 Å². The monoisotopic (exact) mass is 288 g/mol. The van der Waals surface area contributed by atoms with Crippen LogP contribution in [0.25, 0.3) is 0 Å². The second-order valence-electron chi connectivity index (χ2n) is 4.98. The van der Waals surface area contributed by atoms with Crippen LogP contribution in [-0.4, -0.2) is 51.8 Å². The predicted octanol–water partition coefficient (Wildman–Crippen LogP) is 0.802. The Morgan fingerprint density at radius 1 is 1.38 bits per heavy atom. The van der Waals surface area contributed by atoms with Crippen molar-refractivity contribution in [1.82, 2.24) is 9.88 Å². The lowest BCUT2D eigenvalue weighted by Gasteiger charge is -2.37. The van der Waals surface area contributed by atoms with Crippen LogP contribution in [0.2, 0.25) is 0 Å². The summed E-state index contributed by atoms with van der Waals surface area (Å²) in [6, 6.07) is 3.69. The van der Waals surface area contributed by atoms with Gasteiger partial charge in [0, 0.05) is 25.2 Å². The average molecular weight is 288 g/mol. The number of pyridine rings is 1. The Balaban J connectivity index is 2.23. The Morgan fingerprint density at radius 3 is 2.81 bits per heavy atom. The Bertz CT molecular complexity index is 544. The first-order valence-corrected chi connectivity index (χ1v) is 7.24. The van der Waals surface area contributed by atoms with Gasteiger partial charge in [-0.3, -0.25) is 4.79 Å². The molecule has 0 bridgehead atoms. The highest BCUT2D eigenvalue weighted by Crippen LogP contribution is 2.26. The molecule has 1 aliphatic carbocycles. The molecule has 112 valence electrons. The molecule has 1 heterocycles. The van der Waals surface area contributed by atoms with Gasteiger partial charge in [0.1, 0.15) is 5.69 Å². The fourth-order valence-electron chi connectivity index (χ4n) is 2.28. The van der Waals surface area contributed by atoms with Gasteiger partial charge in [0.25, 0.3) is 5.91 Å². The molecular weight excluding hydrogens is 268 g/mol.